The SMILES string of the molecule is FC(F)(F)c1cc(Cl)ccc1NCCCl. The largest absolute Gasteiger partial charge is 0.418 e. The lowest BCUT2D eigenvalue weighted by Gasteiger charge is -2.14. The summed E-state index contributed by atoms with van der Waals surface area (Å²) in [5.74, 6) is 0.236. The van der Waals surface area contributed by atoms with Gasteiger partial charge in [0.05, 0.1) is 5.56 Å². The molecule has 0 bridgehead atoms. The lowest BCUT2D eigenvalue weighted by atomic mass is 10.1. The zero-order valence-corrected chi connectivity index (χ0v) is 9.05. The Morgan fingerprint density at radius 1 is 1.27 bits per heavy atom. The van der Waals surface area contributed by atoms with Crippen LogP contribution in [0.5, 0.6) is 0 Å². The molecule has 0 radical (unpaired) electrons. The first-order chi connectivity index (χ1) is 6.95. The smallest absolute Gasteiger partial charge is 0.383 e. The third kappa shape index (κ3) is 3.47. The Bertz CT molecular complexity index is 339. The van der Waals surface area contributed by atoms with Gasteiger partial charge in [-0.25, -0.2) is 0 Å². The zero-order valence-electron chi connectivity index (χ0n) is 7.54. The third-order valence-electron chi connectivity index (χ3n) is 1.70. The van der Waals surface area contributed by atoms with Crippen molar-refractivity contribution in [3.05, 3.63) is 28.8 Å². The molecule has 0 fully saturated rings. The summed E-state index contributed by atoms with van der Waals surface area (Å²) in [5, 5.41) is 2.64. The van der Waals surface area contributed by atoms with Crippen LogP contribution in [0.3, 0.4) is 0 Å². The highest BCUT2D eigenvalue weighted by molar-refractivity contribution is 6.30. The molecule has 0 atom stereocenters. The minimum absolute atomic E-state index is 0.00690. The van der Waals surface area contributed by atoms with Crippen LogP contribution in [-0.4, -0.2) is 12.4 Å². The maximum atomic E-state index is 12.5. The van der Waals surface area contributed by atoms with Crippen molar-refractivity contribution in [2.24, 2.45) is 0 Å². The van der Waals surface area contributed by atoms with E-state index in [0.29, 0.717) is 0 Å². The molecule has 0 heterocycles. The molecule has 1 rings (SSSR count). The van der Waals surface area contributed by atoms with E-state index in [1.54, 1.807) is 0 Å². The fourth-order valence-corrected chi connectivity index (χ4v) is 1.35. The molecular weight excluding hydrogens is 250 g/mol. The first kappa shape index (κ1) is 12.5. The van der Waals surface area contributed by atoms with Gasteiger partial charge < -0.3 is 5.32 Å². The summed E-state index contributed by atoms with van der Waals surface area (Å²) >= 11 is 10.9. The van der Waals surface area contributed by atoms with Gasteiger partial charge in [-0.05, 0) is 18.2 Å². The summed E-state index contributed by atoms with van der Waals surface area (Å²) in [7, 11) is 0. The quantitative estimate of drug-likeness (QED) is 0.807. The van der Waals surface area contributed by atoms with Gasteiger partial charge in [0.25, 0.3) is 0 Å². The highest BCUT2D eigenvalue weighted by Crippen LogP contribution is 2.36. The number of nitrogens with one attached hydrogen (secondary N) is 1. The lowest BCUT2D eigenvalue weighted by molar-refractivity contribution is -0.136. The summed E-state index contributed by atoms with van der Waals surface area (Å²) in [6.07, 6.45) is -4.42. The molecule has 0 aliphatic heterocycles. The van der Waals surface area contributed by atoms with Crippen LogP contribution in [0.4, 0.5) is 18.9 Å². The van der Waals surface area contributed by atoms with E-state index in [1.165, 1.54) is 12.1 Å². The molecule has 0 aromatic heterocycles. The summed E-state index contributed by atoms with van der Waals surface area (Å²) in [6, 6.07) is 3.57. The molecule has 1 N–H and O–H groups in total. The number of hydrogen-bond acceptors (Lipinski definition) is 1. The minimum atomic E-state index is -4.42. The van der Waals surface area contributed by atoms with Crippen LogP contribution in [0, 0.1) is 0 Å². The lowest BCUT2D eigenvalue weighted by Crippen LogP contribution is -2.12. The van der Waals surface area contributed by atoms with E-state index in [0.717, 1.165) is 6.07 Å². The molecule has 15 heavy (non-hydrogen) atoms. The normalized spacial score (nSPS) is 11.5. The second kappa shape index (κ2) is 4.94. The van der Waals surface area contributed by atoms with Gasteiger partial charge in [-0.1, -0.05) is 11.6 Å². The van der Waals surface area contributed by atoms with Gasteiger partial charge >= 0.3 is 6.18 Å². The fraction of sp³-hybridized carbons (Fsp3) is 0.333. The molecule has 0 amide bonds. The van der Waals surface area contributed by atoms with Crippen LogP contribution in [0.25, 0.3) is 0 Å². The number of halogens is 5. The van der Waals surface area contributed by atoms with Crippen LogP contribution in [-0.2, 0) is 6.18 Å². The molecule has 1 nitrogen and oxygen atoms in total. The van der Waals surface area contributed by atoms with E-state index in [9.17, 15) is 13.2 Å². The van der Waals surface area contributed by atoms with Crippen molar-refractivity contribution in [3.8, 4) is 0 Å². The zero-order chi connectivity index (χ0) is 11.5. The Morgan fingerprint density at radius 3 is 2.47 bits per heavy atom. The van der Waals surface area contributed by atoms with Crippen molar-refractivity contribution in [2.45, 2.75) is 6.18 Å². The van der Waals surface area contributed by atoms with Gasteiger partial charge in [-0.2, -0.15) is 13.2 Å². The molecule has 0 aliphatic rings. The van der Waals surface area contributed by atoms with Gasteiger partial charge in [0.1, 0.15) is 0 Å². The Morgan fingerprint density at radius 2 is 1.93 bits per heavy atom. The summed E-state index contributed by atoms with van der Waals surface area (Å²) in [4.78, 5) is 0. The number of rotatable bonds is 3. The molecular formula is C9H8Cl2F3N. The molecule has 0 aliphatic carbocycles. The molecule has 0 saturated heterocycles. The monoisotopic (exact) mass is 257 g/mol. The van der Waals surface area contributed by atoms with Crippen LogP contribution < -0.4 is 5.32 Å². The standard InChI is InChI=1S/C9H8Cl2F3N/c10-3-4-15-8-2-1-6(11)5-7(8)9(12,13)14/h1-2,5,15H,3-4H2. The Balaban J connectivity index is 3.04. The van der Waals surface area contributed by atoms with Crippen molar-refractivity contribution in [1.29, 1.82) is 0 Å². The maximum Gasteiger partial charge on any atom is 0.418 e. The van der Waals surface area contributed by atoms with Gasteiger partial charge in [0.2, 0.25) is 0 Å². The highest BCUT2D eigenvalue weighted by atomic mass is 35.5. The highest BCUT2D eigenvalue weighted by Gasteiger charge is 2.33. The first-order valence-electron chi connectivity index (χ1n) is 4.11. The number of hydrogen-bond donors (Lipinski definition) is 1. The Labute approximate surface area is 95.2 Å². The van der Waals surface area contributed by atoms with E-state index >= 15 is 0 Å². The van der Waals surface area contributed by atoms with Gasteiger partial charge in [0.15, 0.2) is 0 Å². The van der Waals surface area contributed by atoms with E-state index < -0.39 is 11.7 Å². The second-order valence-corrected chi connectivity index (χ2v) is 3.62. The van der Waals surface area contributed by atoms with Gasteiger partial charge in [-0.15, -0.1) is 11.6 Å². The predicted molar refractivity (Wildman–Crippen MR) is 55.7 cm³/mol. The van der Waals surface area contributed by atoms with Crippen LogP contribution in [0.15, 0.2) is 18.2 Å². The van der Waals surface area contributed by atoms with Crippen molar-refractivity contribution in [3.63, 3.8) is 0 Å². The minimum Gasteiger partial charge on any atom is -0.383 e. The average Bonchev–Trinajstić information content (AvgIpc) is 2.14. The molecule has 84 valence electrons. The van der Waals surface area contributed by atoms with E-state index in [-0.39, 0.29) is 23.1 Å². The topological polar surface area (TPSA) is 12.0 Å². The molecule has 1 aromatic rings. The molecule has 0 unspecified atom stereocenters. The summed E-state index contributed by atoms with van der Waals surface area (Å²) < 4.78 is 37.6. The van der Waals surface area contributed by atoms with Crippen molar-refractivity contribution in [1.82, 2.24) is 0 Å². The van der Waals surface area contributed by atoms with E-state index in [4.69, 9.17) is 23.2 Å². The van der Waals surface area contributed by atoms with E-state index in [2.05, 4.69) is 5.32 Å². The number of anilines is 1. The third-order valence-corrected chi connectivity index (χ3v) is 2.12. The van der Waals surface area contributed by atoms with E-state index in [1.807, 2.05) is 0 Å². The first-order valence-corrected chi connectivity index (χ1v) is 5.03. The predicted octanol–water partition coefficient (Wildman–Crippen LogP) is 4.01. The van der Waals surface area contributed by atoms with Crippen LogP contribution in [0.1, 0.15) is 5.56 Å². The van der Waals surface area contributed by atoms with Crippen LogP contribution in [0.2, 0.25) is 5.02 Å². The summed E-state index contributed by atoms with van der Waals surface area (Å²) in [6.45, 7) is 0.270. The van der Waals surface area contributed by atoms with Crippen molar-refractivity contribution >= 4 is 28.9 Å². The maximum absolute atomic E-state index is 12.5. The Hall–Kier alpha value is -0.610. The number of alkyl halides is 4. The molecule has 1 aromatic carbocycles. The van der Waals surface area contributed by atoms with Gasteiger partial charge in [-0.3, -0.25) is 0 Å². The fourth-order valence-electron chi connectivity index (χ4n) is 1.09. The molecule has 0 saturated carbocycles. The van der Waals surface area contributed by atoms with Crippen LogP contribution >= 0.6 is 23.2 Å². The van der Waals surface area contributed by atoms with Gasteiger partial charge in [0, 0.05) is 23.1 Å². The number of benzene rings is 1. The Kier molecular flexibility index (Phi) is 4.11. The van der Waals surface area contributed by atoms with Crippen molar-refractivity contribution < 1.29 is 13.2 Å². The summed E-state index contributed by atoms with van der Waals surface area (Å²) in [5.41, 5.74) is -0.785. The average molecular weight is 258 g/mol. The van der Waals surface area contributed by atoms with Crippen molar-refractivity contribution in [2.75, 3.05) is 17.7 Å². The molecule has 0 spiro atoms. The second-order valence-electron chi connectivity index (χ2n) is 2.80. The molecule has 6 heteroatoms.